The summed E-state index contributed by atoms with van der Waals surface area (Å²) >= 11 is 0. The monoisotopic (exact) mass is 225 g/mol. The second-order valence-electron chi connectivity index (χ2n) is 3.44. The van der Waals surface area contributed by atoms with Crippen LogP contribution in [0.2, 0.25) is 0 Å². The molecule has 0 heterocycles. The van der Waals surface area contributed by atoms with Crippen LogP contribution < -0.4 is 4.90 Å². The van der Waals surface area contributed by atoms with Crippen molar-refractivity contribution >= 4 is 12.0 Å². The van der Waals surface area contributed by atoms with Crippen molar-refractivity contribution in [3.05, 3.63) is 29.6 Å². The third-order valence-corrected chi connectivity index (χ3v) is 2.30. The predicted octanol–water partition coefficient (Wildman–Crippen LogP) is 2.11. The summed E-state index contributed by atoms with van der Waals surface area (Å²) in [6, 6.07) is 4.18. The number of aldehydes is 1. The van der Waals surface area contributed by atoms with E-state index in [1.807, 2.05) is 18.9 Å². The van der Waals surface area contributed by atoms with Crippen LogP contribution in [0.15, 0.2) is 18.2 Å². The van der Waals surface area contributed by atoms with Crippen LogP contribution >= 0.6 is 0 Å². The molecule has 0 radical (unpaired) electrons. The van der Waals surface area contributed by atoms with E-state index in [1.165, 1.54) is 12.1 Å². The summed E-state index contributed by atoms with van der Waals surface area (Å²) in [6.07, 6.45) is 0.662. The molecule has 4 heteroatoms. The lowest BCUT2D eigenvalue weighted by Gasteiger charge is -2.20. The van der Waals surface area contributed by atoms with E-state index in [9.17, 15) is 9.18 Å². The van der Waals surface area contributed by atoms with E-state index in [2.05, 4.69) is 0 Å². The van der Waals surface area contributed by atoms with Gasteiger partial charge >= 0.3 is 0 Å². The van der Waals surface area contributed by atoms with Crippen LogP contribution in [0, 0.1) is 5.82 Å². The van der Waals surface area contributed by atoms with Crippen molar-refractivity contribution in [2.75, 3.05) is 31.7 Å². The molecule has 0 spiro atoms. The van der Waals surface area contributed by atoms with Crippen molar-refractivity contribution in [3.8, 4) is 0 Å². The Balaban J connectivity index is 2.74. The molecule has 3 nitrogen and oxygen atoms in total. The maximum absolute atomic E-state index is 12.9. The fourth-order valence-electron chi connectivity index (χ4n) is 1.43. The zero-order valence-electron chi connectivity index (χ0n) is 9.57. The number of hydrogen-bond acceptors (Lipinski definition) is 3. The summed E-state index contributed by atoms with van der Waals surface area (Å²) in [7, 11) is 1.85. The SMILES string of the molecule is CCOCCN(C)c1ccc(F)cc1C=O. The fraction of sp³-hybridized carbons (Fsp3) is 0.417. The number of nitrogens with zero attached hydrogens (tertiary/aromatic N) is 1. The summed E-state index contributed by atoms with van der Waals surface area (Å²) in [5, 5.41) is 0. The van der Waals surface area contributed by atoms with E-state index < -0.39 is 5.82 Å². The maximum atomic E-state index is 12.9. The standard InChI is InChI=1S/C12H16FNO2/c1-3-16-7-6-14(2)12-5-4-11(13)8-10(12)9-15/h4-5,8-9H,3,6-7H2,1-2H3. The number of likely N-dealkylation sites (N-methyl/N-ethyl adjacent to an activating group) is 1. The van der Waals surface area contributed by atoms with Crippen molar-refractivity contribution in [3.63, 3.8) is 0 Å². The number of halogens is 1. The van der Waals surface area contributed by atoms with Crippen LogP contribution in [-0.4, -0.2) is 33.1 Å². The smallest absolute Gasteiger partial charge is 0.152 e. The van der Waals surface area contributed by atoms with Crippen molar-refractivity contribution < 1.29 is 13.9 Å². The summed E-state index contributed by atoms with van der Waals surface area (Å²) in [4.78, 5) is 12.7. The second-order valence-corrected chi connectivity index (χ2v) is 3.44. The Bertz CT molecular complexity index is 355. The average Bonchev–Trinajstić information content (AvgIpc) is 2.29. The van der Waals surface area contributed by atoms with Gasteiger partial charge in [0.1, 0.15) is 5.82 Å². The Morgan fingerprint density at radius 1 is 1.50 bits per heavy atom. The zero-order chi connectivity index (χ0) is 12.0. The molecular weight excluding hydrogens is 209 g/mol. The zero-order valence-corrected chi connectivity index (χ0v) is 9.57. The summed E-state index contributed by atoms with van der Waals surface area (Å²) in [5.41, 5.74) is 1.08. The molecule has 1 rings (SSSR count). The normalized spacial score (nSPS) is 10.2. The first kappa shape index (κ1) is 12.6. The summed E-state index contributed by atoms with van der Waals surface area (Å²) in [5.74, 6) is -0.399. The molecular formula is C12H16FNO2. The fourth-order valence-corrected chi connectivity index (χ4v) is 1.43. The molecule has 0 saturated heterocycles. The van der Waals surface area contributed by atoms with Crippen LogP contribution in [0.1, 0.15) is 17.3 Å². The molecule has 0 aromatic heterocycles. The first-order valence-corrected chi connectivity index (χ1v) is 5.22. The highest BCUT2D eigenvalue weighted by Gasteiger charge is 2.07. The van der Waals surface area contributed by atoms with E-state index in [-0.39, 0.29) is 0 Å². The lowest BCUT2D eigenvalue weighted by molar-refractivity contribution is 0.112. The third kappa shape index (κ3) is 3.31. The van der Waals surface area contributed by atoms with Gasteiger partial charge in [-0.3, -0.25) is 4.79 Å². The predicted molar refractivity (Wildman–Crippen MR) is 61.6 cm³/mol. The number of anilines is 1. The highest BCUT2D eigenvalue weighted by molar-refractivity contribution is 5.84. The van der Waals surface area contributed by atoms with Crippen LogP contribution in [0.4, 0.5) is 10.1 Å². The first-order valence-electron chi connectivity index (χ1n) is 5.22. The molecule has 0 aliphatic heterocycles. The van der Waals surface area contributed by atoms with Crippen molar-refractivity contribution in [2.24, 2.45) is 0 Å². The highest BCUT2D eigenvalue weighted by Crippen LogP contribution is 2.18. The molecule has 16 heavy (non-hydrogen) atoms. The molecule has 0 aliphatic carbocycles. The van der Waals surface area contributed by atoms with Crippen LogP contribution in [0.25, 0.3) is 0 Å². The molecule has 0 fully saturated rings. The second kappa shape index (κ2) is 6.23. The largest absolute Gasteiger partial charge is 0.380 e. The molecule has 0 unspecified atom stereocenters. The molecule has 0 atom stereocenters. The Hall–Kier alpha value is -1.42. The molecule has 0 amide bonds. The minimum atomic E-state index is -0.399. The van der Waals surface area contributed by atoms with Crippen LogP contribution in [0.3, 0.4) is 0 Å². The van der Waals surface area contributed by atoms with E-state index in [0.717, 1.165) is 5.69 Å². The minimum Gasteiger partial charge on any atom is -0.380 e. The molecule has 0 N–H and O–H groups in total. The summed E-state index contributed by atoms with van der Waals surface area (Å²) in [6.45, 7) is 3.84. The first-order chi connectivity index (χ1) is 7.69. The molecule has 1 aromatic rings. The van der Waals surface area contributed by atoms with Gasteiger partial charge in [-0.25, -0.2) is 4.39 Å². The van der Waals surface area contributed by atoms with E-state index in [0.29, 0.717) is 31.6 Å². The van der Waals surface area contributed by atoms with E-state index in [1.54, 1.807) is 6.07 Å². The molecule has 88 valence electrons. The third-order valence-electron chi connectivity index (χ3n) is 2.30. The number of ether oxygens (including phenoxy) is 1. The quantitative estimate of drug-likeness (QED) is 0.548. The highest BCUT2D eigenvalue weighted by atomic mass is 19.1. The lowest BCUT2D eigenvalue weighted by atomic mass is 10.2. The van der Waals surface area contributed by atoms with Gasteiger partial charge in [-0.15, -0.1) is 0 Å². The molecule has 0 bridgehead atoms. The van der Waals surface area contributed by atoms with Gasteiger partial charge in [0.05, 0.1) is 6.61 Å². The maximum Gasteiger partial charge on any atom is 0.152 e. The Morgan fingerprint density at radius 3 is 2.88 bits per heavy atom. The van der Waals surface area contributed by atoms with Crippen molar-refractivity contribution in [1.82, 2.24) is 0 Å². The topological polar surface area (TPSA) is 29.5 Å². The van der Waals surface area contributed by atoms with Gasteiger partial charge in [-0.05, 0) is 25.1 Å². The van der Waals surface area contributed by atoms with Crippen molar-refractivity contribution in [1.29, 1.82) is 0 Å². The molecule has 0 saturated carbocycles. The number of carbonyl (C=O) groups is 1. The Kier molecular flexibility index (Phi) is 4.92. The molecule has 0 aliphatic rings. The van der Waals surface area contributed by atoms with Gasteiger partial charge in [-0.2, -0.15) is 0 Å². The van der Waals surface area contributed by atoms with Crippen LogP contribution in [0.5, 0.6) is 0 Å². The van der Waals surface area contributed by atoms with Gasteiger partial charge in [0.15, 0.2) is 6.29 Å². The number of rotatable bonds is 6. The van der Waals surface area contributed by atoms with E-state index in [4.69, 9.17) is 4.74 Å². The van der Waals surface area contributed by atoms with Gasteiger partial charge in [-0.1, -0.05) is 0 Å². The average molecular weight is 225 g/mol. The van der Waals surface area contributed by atoms with Gasteiger partial charge in [0.2, 0.25) is 0 Å². The number of hydrogen-bond donors (Lipinski definition) is 0. The van der Waals surface area contributed by atoms with Gasteiger partial charge in [0.25, 0.3) is 0 Å². The van der Waals surface area contributed by atoms with Gasteiger partial charge in [0, 0.05) is 31.5 Å². The number of benzene rings is 1. The van der Waals surface area contributed by atoms with Crippen molar-refractivity contribution in [2.45, 2.75) is 6.92 Å². The Morgan fingerprint density at radius 2 is 2.25 bits per heavy atom. The van der Waals surface area contributed by atoms with E-state index >= 15 is 0 Å². The lowest BCUT2D eigenvalue weighted by Crippen LogP contribution is -2.23. The molecule has 1 aromatic carbocycles. The van der Waals surface area contributed by atoms with Gasteiger partial charge < -0.3 is 9.64 Å². The van der Waals surface area contributed by atoms with Crippen LogP contribution in [-0.2, 0) is 4.74 Å². The number of carbonyl (C=O) groups excluding carboxylic acids is 1. The minimum absolute atomic E-state index is 0.360. The Labute approximate surface area is 94.8 Å². The summed E-state index contributed by atoms with van der Waals surface area (Å²) < 4.78 is 18.1.